The van der Waals surface area contributed by atoms with Crippen LogP contribution in [-0.2, 0) is 14.3 Å². The van der Waals surface area contributed by atoms with Crippen LogP contribution in [0.25, 0.3) is 0 Å². The summed E-state index contributed by atoms with van der Waals surface area (Å²) in [6.45, 7) is 0.129. The molecular formula is C35H32N2O6. The molecule has 4 aromatic rings. The second kappa shape index (κ2) is 10.9. The molecule has 0 radical (unpaired) electrons. The van der Waals surface area contributed by atoms with Gasteiger partial charge in [-0.05, 0) is 79.1 Å². The van der Waals surface area contributed by atoms with Gasteiger partial charge in [0.25, 0.3) is 0 Å². The zero-order valence-electron chi connectivity index (χ0n) is 23.4. The monoisotopic (exact) mass is 576 g/mol. The number of rotatable bonds is 7. The Labute approximate surface area is 249 Å². The molecule has 3 aliphatic rings. The van der Waals surface area contributed by atoms with E-state index in [0.29, 0.717) is 17.9 Å². The first kappa shape index (κ1) is 27.2. The number of carbonyl (C=O) groups is 2. The largest absolute Gasteiger partial charge is 0.508 e. The smallest absolute Gasteiger partial charge is 0.238 e. The zero-order valence-corrected chi connectivity index (χ0v) is 23.4. The summed E-state index contributed by atoms with van der Waals surface area (Å²) in [5.41, 5.74) is 3.05. The molecule has 0 unspecified atom stereocenters. The van der Waals surface area contributed by atoms with Crippen molar-refractivity contribution in [1.29, 1.82) is 0 Å². The van der Waals surface area contributed by atoms with E-state index >= 15 is 0 Å². The standard InChI is InChI=1S/C35H32N2O6/c38-27-17-11-22(12-18-27)31-20-30-32-29(19-23(35(30,41)43-31)21-42-28-9-5-2-6-10-28)33(39)37(34(32)40)26-15-13-25(14-16-26)36-24-7-3-1-4-8-24/h1-18,23,29-32,36,38,41H,19-21H2/t23-,29+,30+,31+,32+,35-/m1/s1. The molecule has 0 spiro atoms. The van der Waals surface area contributed by atoms with Crippen LogP contribution in [0.3, 0.4) is 0 Å². The number of anilines is 3. The summed E-state index contributed by atoms with van der Waals surface area (Å²) in [4.78, 5) is 29.2. The summed E-state index contributed by atoms with van der Waals surface area (Å²) in [5.74, 6) is -3.97. The second-order valence-corrected chi connectivity index (χ2v) is 11.5. The number of hydrogen-bond donors (Lipinski definition) is 3. The Morgan fingerprint density at radius 3 is 2.16 bits per heavy atom. The number of aliphatic hydroxyl groups is 1. The maximum atomic E-state index is 14.0. The van der Waals surface area contributed by atoms with Crippen LogP contribution in [0.4, 0.5) is 17.1 Å². The van der Waals surface area contributed by atoms with Crippen molar-refractivity contribution < 1.29 is 29.3 Å². The first-order valence-electron chi connectivity index (χ1n) is 14.6. The highest BCUT2D eigenvalue weighted by atomic mass is 16.6. The quantitative estimate of drug-likeness (QED) is 0.239. The van der Waals surface area contributed by atoms with Crippen molar-refractivity contribution in [3.05, 3.63) is 115 Å². The molecule has 218 valence electrons. The third kappa shape index (κ3) is 4.92. The number of nitrogens with one attached hydrogen (secondary N) is 1. The lowest BCUT2D eigenvalue weighted by Crippen LogP contribution is -2.55. The van der Waals surface area contributed by atoms with Crippen LogP contribution in [0, 0.1) is 23.7 Å². The molecule has 3 N–H and O–H groups in total. The van der Waals surface area contributed by atoms with Crippen molar-refractivity contribution in [3.63, 3.8) is 0 Å². The number of fused-ring (bicyclic) bond motifs is 3. The number of hydrogen-bond acceptors (Lipinski definition) is 7. The fourth-order valence-electron chi connectivity index (χ4n) is 6.92. The van der Waals surface area contributed by atoms with Crippen LogP contribution in [0.1, 0.15) is 24.5 Å². The van der Waals surface area contributed by atoms with Crippen LogP contribution < -0.4 is 15.0 Å². The van der Waals surface area contributed by atoms with Gasteiger partial charge in [-0.2, -0.15) is 0 Å². The lowest BCUT2D eigenvalue weighted by atomic mass is 9.64. The molecule has 2 heterocycles. The maximum Gasteiger partial charge on any atom is 0.238 e. The van der Waals surface area contributed by atoms with Gasteiger partial charge in [0, 0.05) is 23.2 Å². The van der Waals surface area contributed by atoms with E-state index in [1.807, 2.05) is 72.8 Å². The van der Waals surface area contributed by atoms with Gasteiger partial charge >= 0.3 is 0 Å². The van der Waals surface area contributed by atoms with E-state index in [9.17, 15) is 19.8 Å². The number of aromatic hydroxyl groups is 1. The summed E-state index contributed by atoms with van der Waals surface area (Å²) in [7, 11) is 0. The third-order valence-corrected chi connectivity index (χ3v) is 9.01. The first-order valence-corrected chi connectivity index (χ1v) is 14.6. The molecule has 6 atom stereocenters. The molecule has 2 aliphatic heterocycles. The van der Waals surface area contributed by atoms with Crippen LogP contribution in [0.2, 0.25) is 0 Å². The number of amides is 2. The van der Waals surface area contributed by atoms with E-state index in [-0.39, 0.29) is 30.6 Å². The normalized spacial score (nSPS) is 27.9. The Morgan fingerprint density at radius 1 is 0.814 bits per heavy atom. The summed E-state index contributed by atoms with van der Waals surface area (Å²) in [6.07, 6.45) is 0.104. The fourth-order valence-corrected chi connectivity index (χ4v) is 6.92. The van der Waals surface area contributed by atoms with Gasteiger partial charge in [-0.25, -0.2) is 0 Å². The minimum Gasteiger partial charge on any atom is -0.508 e. The van der Waals surface area contributed by atoms with Gasteiger partial charge in [0.2, 0.25) is 11.8 Å². The van der Waals surface area contributed by atoms with Crippen molar-refractivity contribution in [1.82, 2.24) is 0 Å². The molecule has 8 nitrogen and oxygen atoms in total. The van der Waals surface area contributed by atoms with Crippen molar-refractivity contribution in [2.75, 3.05) is 16.8 Å². The van der Waals surface area contributed by atoms with E-state index in [2.05, 4.69) is 5.32 Å². The van der Waals surface area contributed by atoms with Gasteiger partial charge in [0.15, 0.2) is 5.79 Å². The predicted octanol–water partition coefficient (Wildman–Crippen LogP) is 5.81. The van der Waals surface area contributed by atoms with Gasteiger partial charge < -0.3 is 25.0 Å². The average Bonchev–Trinajstić information content (AvgIpc) is 3.51. The third-order valence-electron chi connectivity index (χ3n) is 9.01. The van der Waals surface area contributed by atoms with E-state index in [1.54, 1.807) is 36.4 Å². The Morgan fingerprint density at radius 2 is 1.47 bits per heavy atom. The number of para-hydroxylation sites is 2. The van der Waals surface area contributed by atoms with Crippen molar-refractivity contribution >= 4 is 28.9 Å². The lowest BCUT2D eigenvalue weighted by molar-refractivity contribution is -0.272. The molecule has 1 saturated carbocycles. The summed E-state index contributed by atoms with van der Waals surface area (Å²) in [6, 6.07) is 32.9. The first-order chi connectivity index (χ1) is 20.9. The number of phenolic OH excluding ortho intramolecular Hbond substituents is 1. The summed E-state index contributed by atoms with van der Waals surface area (Å²) in [5, 5.41) is 25.3. The molecule has 4 aromatic carbocycles. The fraction of sp³-hybridized carbons (Fsp3) is 0.257. The number of phenols is 1. The molecule has 0 bridgehead atoms. The van der Waals surface area contributed by atoms with Gasteiger partial charge in [-0.15, -0.1) is 0 Å². The molecule has 7 rings (SSSR count). The van der Waals surface area contributed by atoms with Crippen LogP contribution in [-0.4, -0.2) is 34.4 Å². The van der Waals surface area contributed by atoms with Crippen molar-refractivity contribution in [2.24, 2.45) is 23.7 Å². The Balaban J connectivity index is 1.18. The molecule has 2 amide bonds. The second-order valence-electron chi connectivity index (χ2n) is 11.5. The van der Waals surface area contributed by atoms with Gasteiger partial charge in [-0.3, -0.25) is 14.5 Å². The molecule has 8 heteroatoms. The summed E-state index contributed by atoms with van der Waals surface area (Å²) < 4.78 is 12.5. The average molecular weight is 577 g/mol. The van der Waals surface area contributed by atoms with Crippen molar-refractivity contribution in [2.45, 2.75) is 24.7 Å². The maximum absolute atomic E-state index is 14.0. The predicted molar refractivity (Wildman–Crippen MR) is 161 cm³/mol. The van der Waals surface area contributed by atoms with Gasteiger partial charge in [0.05, 0.1) is 30.2 Å². The van der Waals surface area contributed by atoms with E-state index in [0.717, 1.165) is 16.9 Å². The lowest BCUT2D eigenvalue weighted by Gasteiger charge is -2.44. The highest BCUT2D eigenvalue weighted by molar-refractivity contribution is 6.22. The summed E-state index contributed by atoms with van der Waals surface area (Å²) >= 11 is 0. The SMILES string of the molecule is O=C1[C@H]2[C@H](C[C@H](COc3ccccc3)[C@@]3(O)O[C@H](c4ccc(O)cc4)C[C@@H]23)C(=O)N1c1ccc(Nc2ccccc2)cc1. The van der Waals surface area contributed by atoms with Crippen LogP contribution in [0.15, 0.2) is 109 Å². The minimum absolute atomic E-state index is 0.129. The molecule has 3 fully saturated rings. The zero-order chi connectivity index (χ0) is 29.6. The highest BCUT2D eigenvalue weighted by Crippen LogP contribution is 2.58. The van der Waals surface area contributed by atoms with E-state index in [1.165, 1.54) is 4.90 Å². The molecule has 0 aromatic heterocycles. The molecule has 43 heavy (non-hydrogen) atoms. The molecular weight excluding hydrogens is 544 g/mol. The number of imide groups is 1. The topological polar surface area (TPSA) is 108 Å². The van der Waals surface area contributed by atoms with Gasteiger partial charge in [-0.1, -0.05) is 48.5 Å². The Bertz CT molecular complexity index is 1610. The molecule has 2 saturated heterocycles. The van der Waals surface area contributed by atoms with Gasteiger partial charge in [0.1, 0.15) is 11.5 Å². The Kier molecular flexibility index (Phi) is 6.88. The molecule has 1 aliphatic carbocycles. The minimum atomic E-state index is -1.67. The van der Waals surface area contributed by atoms with Crippen LogP contribution >= 0.6 is 0 Å². The van der Waals surface area contributed by atoms with Crippen LogP contribution in [0.5, 0.6) is 11.5 Å². The Hall–Kier alpha value is -4.66. The number of benzene rings is 4. The number of nitrogens with zero attached hydrogens (tertiary/aromatic N) is 1. The van der Waals surface area contributed by atoms with E-state index in [4.69, 9.17) is 9.47 Å². The van der Waals surface area contributed by atoms with Crippen molar-refractivity contribution in [3.8, 4) is 11.5 Å². The number of carbonyl (C=O) groups excluding carboxylic acids is 2. The number of ether oxygens (including phenoxy) is 2. The highest BCUT2D eigenvalue weighted by Gasteiger charge is 2.67. The van der Waals surface area contributed by atoms with E-state index < -0.39 is 35.6 Å².